The Hall–Kier alpha value is -2.98. The molecule has 172 valence electrons. The van der Waals surface area contributed by atoms with Crippen molar-refractivity contribution in [3.63, 3.8) is 0 Å². The Bertz CT molecular complexity index is 936. The van der Waals surface area contributed by atoms with Gasteiger partial charge in [-0.3, -0.25) is 19.5 Å². The number of methoxy groups -OCH3 is 1. The van der Waals surface area contributed by atoms with Gasteiger partial charge in [-0.25, -0.2) is 9.37 Å². The number of benzene rings is 1. The number of rotatable bonds is 7. The maximum absolute atomic E-state index is 12.9. The molecule has 3 heterocycles. The summed E-state index contributed by atoms with van der Waals surface area (Å²) < 4.78 is 7.19. The van der Waals surface area contributed by atoms with Crippen LogP contribution < -0.4 is 9.64 Å². The zero-order valence-electron chi connectivity index (χ0n) is 18.9. The molecule has 1 aromatic carbocycles. The van der Waals surface area contributed by atoms with E-state index >= 15 is 0 Å². The smallest absolute Gasteiger partial charge is 0.333 e. The fourth-order valence-electron chi connectivity index (χ4n) is 4.43. The highest BCUT2D eigenvalue weighted by molar-refractivity contribution is 6.23. The number of fused-ring (bicyclic) bond motifs is 1. The van der Waals surface area contributed by atoms with Gasteiger partial charge in [0.2, 0.25) is 0 Å². The van der Waals surface area contributed by atoms with E-state index in [1.54, 1.807) is 14.2 Å². The SMILES string of the molecule is COc1ccc(N2CCN(CC3=[N+](CCCO)C4C(=O)N(C)C(=O)N(C)C4=N3)CC2)cc1. The van der Waals surface area contributed by atoms with Gasteiger partial charge in [-0.15, -0.1) is 0 Å². The molecule has 1 atom stereocenters. The molecule has 0 radical (unpaired) electrons. The van der Waals surface area contributed by atoms with Crippen LogP contribution in [-0.4, -0.2) is 121 Å². The second-order valence-electron chi connectivity index (χ2n) is 8.26. The molecule has 0 aliphatic carbocycles. The Balaban J connectivity index is 1.47. The molecule has 3 aliphatic heterocycles. The molecule has 0 spiro atoms. The molecular formula is C22H31N6O4+. The molecule has 2 fully saturated rings. The van der Waals surface area contributed by atoms with Crippen LogP contribution in [0.3, 0.4) is 0 Å². The number of aliphatic hydroxyl groups excluding tert-OH is 1. The van der Waals surface area contributed by atoms with Crippen molar-refractivity contribution in [2.45, 2.75) is 12.5 Å². The Labute approximate surface area is 188 Å². The second kappa shape index (κ2) is 9.25. The largest absolute Gasteiger partial charge is 0.497 e. The Morgan fingerprint density at radius 2 is 1.78 bits per heavy atom. The summed E-state index contributed by atoms with van der Waals surface area (Å²) >= 11 is 0. The second-order valence-corrected chi connectivity index (χ2v) is 8.26. The van der Waals surface area contributed by atoms with Gasteiger partial charge in [0.1, 0.15) is 12.3 Å². The zero-order valence-corrected chi connectivity index (χ0v) is 18.9. The van der Waals surface area contributed by atoms with E-state index in [4.69, 9.17) is 9.73 Å². The molecular weight excluding hydrogens is 412 g/mol. The van der Waals surface area contributed by atoms with E-state index in [0.717, 1.165) is 42.7 Å². The fraction of sp³-hybridized carbons (Fsp3) is 0.545. The van der Waals surface area contributed by atoms with Gasteiger partial charge in [0.15, 0.2) is 0 Å². The molecule has 0 aromatic heterocycles. The van der Waals surface area contributed by atoms with Gasteiger partial charge in [0, 0.05) is 59.0 Å². The van der Waals surface area contributed by atoms with Crippen LogP contribution in [0.25, 0.3) is 0 Å². The van der Waals surface area contributed by atoms with Crippen molar-refractivity contribution in [3.05, 3.63) is 24.3 Å². The molecule has 10 nitrogen and oxygen atoms in total. The number of amides is 3. The van der Waals surface area contributed by atoms with E-state index in [0.29, 0.717) is 25.3 Å². The Morgan fingerprint density at radius 1 is 1.09 bits per heavy atom. The highest BCUT2D eigenvalue weighted by atomic mass is 16.5. The Kier molecular flexibility index (Phi) is 6.43. The van der Waals surface area contributed by atoms with E-state index < -0.39 is 6.04 Å². The van der Waals surface area contributed by atoms with Crippen LogP contribution in [0.4, 0.5) is 10.5 Å². The van der Waals surface area contributed by atoms with Gasteiger partial charge >= 0.3 is 11.9 Å². The van der Waals surface area contributed by atoms with Crippen molar-refractivity contribution in [1.82, 2.24) is 14.7 Å². The highest BCUT2D eigenvalue weighted by Crippen LogP contribution is 2.22. The van der Waals surface area contributed by atoms with Gasteiger partial charge in [-0.1, -0.05) is 0 Å². The number of carbonyl (C=O) groups excluding carboxylic acids is 2. The van der Waals surface area contributed by atoms with Crippen LogP contribution in [0.2, 0.25) is 0 Å². The van der Waals surface area contributed by atoms with Crippen LogP contribution in [0, 0.1) is 0 Å². The van der Waals surface area contributed by atoms with Crippen LogP contribution in [-0.2, 0) is 4.79 Å². The summed E-state index contributed by atoms with van der Waals surface area (Å²) in [6.45, 7) is 4.64. The van der Waals surface area contributed by atoms with Crippen molar-refractivity contribution in [2.24, 2.45) is 4.99 Å². The third kappa shape index (κ3) is 4.07. The van der Waals surface area contributed by atoms with Crippen molar-refractivity contribution >= 4 is 29.3 Å². The van der Waals surface area contributed by atoms with Crippen molar-refractivity contribution < 1.29 is 24.0 Å². The minimum absolute atomic E-state index is 0.0329. The molecule has 3 amide bonds. The third-order valence-electron chi connectivity index (χ3n) is 6.35. The summed E-state index contributed by atoms with van der Waals surface area (Å²) in [5.41, 5.74) is 1.17. The number of urea groups is 1. The van der Waals surface area contributed by atoms with E-state index in [-0.39, 0.29) is 18.5 Å². The van der Waals surface area contributed by atoms with Crippen LogP contribution in [0.5, 0.6) is 5.75 Å². The number of ether oxygens (including phenoxy) is 1. The topological polar surface area (TPSA) is 91.9 Å². The first-order chi connectivity index (χ1) is 15.4. The van der Waals surface area contributed by atoms with Crippen molar-refractivity contribution in [3.8, 4) is 5.75 Å². The van der Waals surface area contributed by atoms with E-state index in [9.17, 15) is 14.7 Å². The molecule has 4 rings (SSSR count). The lowest BCUT2D eigenvalue weighted by Crippen LogP contribution is -2.61. The van der Waals surface area contributed by atoms with Gasteiger partial charge < -0.3 is 14.7 Å². The molecule has 32 heavy (non-hydrogen) atoms. The lowest BCUT2D eigenvalue weighted by Gasteiger charge is -2.35. The van der Waals surface area contributed by atoms with E-state index in [2.05, 4.69) is 21.9 Å². The molecule has 10 heteroatoms. The lowest BCUT2D eigenvalue weighted by molar-refractivity contribution is -0.537. The van der Waals surface area contributed by atoms with E-state index in [1.807, 2.05) is 16.7 Å². The zero-order chi connectivity index (χ0) is 22.8. The molecule has 3 aliphatic rings. The van der Waals surface area contributed by atoms with Crippen molar-refractivity contribution in [1.29, 1.82) is 0 Å². The highest BCUT2D eigenvalue weighted by Gasteiger charge is 2.52. The first-order valence-electron chi connectivity index (χ1n) is 10.9. The van der Waals surface area contributed by atoms with Crippen LogP contribution in [0.15, 0.2) is 29.3 Å². The number of nitrogens with zero attached hydrogens (tertiary/aromatic N) is 6. The van der Waals surface area contributed by atoms with Gasteiger partial charge in [0.25, 0.3) is 17.8 Å². The quantitative estimate of drug-likeness (QED) is 0.593. The van der Waals surface area contributed by atoms with Crippen LogP contribution >= 0.6 is 0 Å². The normalized spacial score (nSPS) is 21.9. The number of aliphatic imine (C=N–C) groups is 1. The summed E-state index contributed by atoms with van der Waals surface area (Å²) in [5.74, 6) is 1.82. The van der Waals surface area contributed by atoms with Gasteiger partial charge in [-0.2, -0.15) is 0 Å². The minimum Gasteiger partial charge on any atom is -0.497 e. The van der Waals surface area contributed by atoms with Gasteiger partial charge in [-0.05, 0) is 29.3 Å². The molecule has 1 N–H and O–H groups in total. The third-order valence-corrected chi connectivity index (χ3v) is 6.35. The summed E-state index contributed by atoms with van der Waals surface area (Å²) in [4.78, 5) is 37.2. The number of hydrogen-bond acceptors (Lipinski definition) is 7. The lowest BCUT2D eigenvalue weighted by atomic mass is 10.1. The fourth-order valence-corrected chi connectivity index (χ4v) is 4.43. The summed E-state index contributed by atoms with van der Waals surface area (Å²) in [6.07, 6.45) is 0.530. The number of likely N-dealkylation sites (N-methyl/N-ethyl adjacent to an activating group) is 2. The van der Waals surface area contributed by atoms with E-state index in [1.165, 1.54) is 17.6 Å². The summed E-state index contributed by atoms with van der Waals surface area (Å²) in [6, 6.07) is 7.11. The predicted molar refractivity (Wildman–Crippen MR) is 121 cm³/mol. The minimum atomic E-state index is -0.607. The number of carbonyl (C=O) groups is 2. The summed E-state index contributed by atoms with van der Waals surface area (Å²) in [7, 11) is 4.81. The molecule has 1 unspecified atom stereocenters. The molecule has 2 saturated heterocycles. The van der Waals surface area contributed by atoms with Gasteiger partial charge in [0.05, 0.1) is 13.7 Å². The molecule has 0 saturated carbocycles. The first-order valence-corrected chi connectivity index (χ1v) is 10.9. The van der Waals surface area contributed by atoms with Crippen LogP contribution in [0.1, 0.15) is 6.42 Å². The number of hydrogen-bond donors (Lipinski definition) is 1. The monoisotopic (exact) mass is 443 g/mol. The predicted octanol–water partition coefficient (Wildman–Crippen LogP) is -0.0849. The summed E-state index contributed by atoms with van der Waals surface area (Å²) in [5, 5.41) is 9.36. The molecule has 0 bridgehead atoms. The average Bonchev–Trinajstić information content (AvgIpc) is 3.18. The first kappa shape index (κ1) is 22.2. The number of amidine groups is 2. The Morgan fingerprint density at radius 3 is 2.41 bits per heavy atom. The maximum Gasteiger partial charge on any atom is 0.333 e. The number of imide groups is 1. The van der Waals surface area contributed by atoms with Crippen molar-refractivity contribution in [2.75, 3.05) is 72.0 Å². The number of piperazine rings is 1. The standard InChI is InChI=1S/C22H31N6O4/c1-24-20-19(21(30)25(2)22(24)31)28(9-4-14-29)18(23-20)15-26-10-12-27(13-11-26)16-5-7-17(32-3)8-6-16/h5-8,19,29H,4,9-15H2,1-3H3/q+1. The average molecular weight is 444 g/mol. The number of aliphatic hydroxyl groups is 1. The maximum atomic E-state index is 12.9. The molecule has 1 aromatic rings. The number of anilines is 1.